The van der Waals surface area contributed by atoms with E-state index in [0.717, 1.165) is 31.7 Å². The van der Waals surface area contributed by atoms with E-state index in [1.165, 1.54) is 0 Å². The minimum Gasteiger partial charge on any atom is -0.497 e. The molecule has 33 heavy (non-hydrogen) atoms. The van der Waals surface area contributed by atoms with Gasteiger partial charge in [-0.1, -0.05) is 12.1 Å². The van der Waals surface area contributed by atoms with Crippen LogP contribution in [0.25, 0.3) is 0 Å². The topological polar surface area (TPSA) is 112 Å². The fourth-order valence-corrected chi connectivity index (χ4v) is 4.02. The van der Waals surface area contributed by atoms with Gasteiger partial charge in [0.25, 0.3) is 0 Å². The van der Waals surface area contributed by atoms with Crippen LogP contribution in [-0.4, -0.2) is 87.2 Å². The third kappa shape index (κ3) is 6.45. The molecule has 0 bridgehead atoms. The number of methoxy groups -OCH3 is 1. The van der Waals surface area contributed by atoms with Crippen molar-refractivity contribution in [3.8, 4) is 5.75 Å². The van der Waals surface area contributed by atoms with E-state index in [0.29, 0.717) is 36.7 Å². The molecule has 3 N–H and O–H groups in total. The van der Waals surface area contributed by atoms with Crippen LogP contribution in [0.4, 0.5) is 4.79 Å². The number of benzene rings is 1. The number of esters is 1. The molecule has 2 aliphatic heterocycles. The molecular formula is C23H33N5O5. The van der Waals surface area contributed by atoms with Gasteiger partial charge in [-0.15, -0.1) is 0 Å². The summed E-state index contributed by atoms with van der Waals surface area (Å²) >= 11 is 0. The highest BCUT2D eigenvalue weighted by Crippen LogP contribution is 2.29. The Hall–Kier alpha value is -3.11. The molecule has 1 saturated heterocycles. The van der Waals surface area contributed by atoms with Crippen LogP contribution in [0.15, 0.2) is 35.5 Å². The van der Waals surface area contributed by atoms with Gasteiger partial charge in [0.15, 0.2) is 0 Å². The molecule has 1 aromatic carbocycles. The Bertz CT molecular complexity index is 878. The number of likely N-dealkylation sites (N-methyl/N-ethyl adjacent to an activating group) is 1. The summed E-state index contributed by atoms with van der Waals surface area (Å²) in [6, 6.07) is 6.24. The third-order valence-electron chi connectivity index (χ3n) is 5.69. The molecule has 1 fully saturated rings. The number of carbonyl (C=O) groups is 3. The number of rotatable bonds is 9. The number of nitrogens with zero attached hydrogens (tertiary/aromatic N) is 2. The minimum absolute atomic E-state index is 0.0196. The smallest absolute Gasteiger partial charge is 0.338 e. The van der Waals surface area contributed by atoms with Crippen molar-refractivity contribution in [3.63, 3.8) is 0 Å². The fraction of sp³-hybridized carbons (Fsp3) is 0.522. The first-order valence-electron chi connectivity index (χ1n) is 11.3. The molecule has 0 spiro atoms. The molecule has 180 valence electrons. The van der Waals surface area contributed by atoms with Crippen LogP contribution in [0.5, 0.6) is 5.75 Å². The maximum absolute atomic E-state index is 12.9. The molecular weight excluding hydrogens is 426 g/mol. The van der Waals surface area contributed by atoms with Crippen molar-refractivity contribution in [1.29, 1.82) is 0 Å². The molecule has 0 aliphatic carbocycles. The monoisotopic (exact) mass is 459 g/mol. The van der Waals surface area contributed by atoms with Crippen molar-refractivity contribution in [3.05, 3.63) is 41.1 Å². The number of urea groups is 1. The zero-order valence-corrected chi connectivity index (χ0v) is 19.5. The molecule has 1 aromatic rings. The zero-order chi connectivity index (χ0) is 23.8. The molecule has 2 aliphatic rings. The van der Waals surface area contributed by atoms with Gasteiger partial charge >= 0.3 is 12.0 Å². The molecule has 0 saturated carbocycles. The van der Waals surface area contributed by atoms with Gasteiger partial charge in [-0.2, -0.15) is 0 Å². The number of carbonyl (C=O) groups excluding carboxylic acids is 3. The largest absolute Gasteiger partial charge is 0.497 e. The number of amides is 3. The number of hydrogen-bond donors (Lipinski definition) is 3. The van der Waals surface area contributed by atoms with E-state index in [1.807, 2.05) is 19.1 Å². The maximum atomic E-state index is 12.9. The Morgan fingerprint density at radius 2 is 1.76 bits per heavy atom. The second-order valence-corrected chi connectivity index (χ2v) is 7.92. The normalized spacial score (nSPS) is 19.5. The summed E-state index contributed by atoms with van der Waals surface area (Å²) < 4.78 is 10.6. The highest BCUT2D eigenvalue weighted by molar-refractivity contribution is 5.95. The van der Waals surface area contributed by atoms with Gasteiger partial charge in [-0.05, 0) is 31.5 Å². The first-order valence-corrected chi connectivity index (χ1v) is 11.3. The zero-order valence-electron chi connectivity index (χ0n) is 19.5. The van der Waals surface area contributed by atoms with Crippen molar-refractivity contribution < 1.29 is 23.9 Å². The van der Waals surface area contributed by atoms with Crippen molar-refractivity contribution in [1.82, 2.24) is 25.8 Å². The van der Waals surface area contributed by atoms with Gasteiger partial charge in [0.1, 0.15) is 5.75 Å². The molecule has 10 heteroatoms. The number of hydrogen-bond acceptors (Lipinski definition) is 7. The fourth-order valence-electron chi connectivity index (χ4n) is 4.02. The minimum atomic E-state index is -0.627. The Morgan fingerprint density at radius 1 is 1.09 bits per heavy atom. The first-order chi connectivity index (χ1) is 15.9. The lowest BCUT2D eigenvalue weighted by atomic mass is 9.94. The molecule has 10 nitrogen and oxygen atoms in total. The van der Waals surface area contributed by atoms with Crippen LogP contribution in [-0.2, 0) is 14.3 Å². The van der Waals surface area contributed by atoms with E-state index < -0.39 is 12.0 Å². The van der Waals surface area contributed by atoms with E-state index in [-0.39, 0.29) is 18.5 Å². The van der Waals surface area contributed by atoms with Crippen LogP contribution in [0.3, 0.4) is 0 Å². The quantitative estimate of drug-likeness (QED) is 0.464. The Labute approximate surface area is 194 Å². The van der Waals surface area contributed by atoms with Gasteiger partial charge in [0.05, 0.1) is 31.9 Å². The van der Waals surface area contributed by atoms with Gasteiger partial charge < -0.3 is 25.4 Å². The second kappa shape index (κ2) is 11.7. The van der Waals surface area contributed by atoms with E-state index >= 15 is 0 Å². The van der Waals surface area contributed by atoms with Gasteiger partial charge in [0, 0.05) is 45.0 Å². The van der Waals surface area contributed by atoms with Crippen molar-refractivity contribution in [2.24, 2.45) is 0 Å². The summed E-state index contributed by atoms with van der Waals surface area (Å²) in [6.45, 7) is 8.18. The van der Waals surface area contributed by atoms with E-state index in [2.05, 4.69) is 25.8 Å². The third-order valence-corrected chi connectivity index (χ3v) is 5.69. The van der Waals surface area contributed by atoms with Crippen LogP contribution in [0.2, 0.25) is 0 Å². The van der Waals surface area contributed by atoms with Crippen LogP contribution in [0, 0.1) is 0 Å². The maximum Gasteiger partial charge on any atom is 0.338 e. The molecule has 1 unspecified atom stereocenters. The highest BCUT2D eigenvalue weighted by Gasteiger charge is 2.34. The van der Waals surface area contributed by atoms with Crippen molar-refractivity contribution >= 4 is 17.9 Å². The first kappa shape index (κ1) is 24.5. The molecule has 2 heterocycles. The average Bonchev–Trinajstić information content (AvgIpc) is 2.80. The van der Waals surface area contributed by atoms with E-state index in [1.54, 1.807) is 26.2 Å². The molecule has 1 atom stereocenters. The summed E-state index contributed by atoms with van der Waals surface area (Å²) in [5.74, 6) is 0.244. The Kier molecular flexibility index (Phi) is 8.67. The van der Waals surface area contributed by atoms with Crippen LogP contribution >= 0.6 is 0 Å². The van der Waals surface area contributed by atoms with Gasteiger partial charge in [0.2, 0.25) is 5.91 Å². The molecule has 3 rings (SSSR count). The Balaban J connectivity index is 1.78. The Morgan fingerprint density at radius 3 is 2.36 bits per heavy atom. The van der Waals surface area contributed by atoms with Crippen molar-refractivity contribution in [2.45, 2.75) is 19.9 Å². The number of nitrogens with one attached hydrogen (secondary N) is 3. The van der Waals surface area contributed by atoms with Gasteiger partial charge in [-0.3, -0.25) is 14.6 Å². The number of ether oxygens (including phenoxy) is 2. The van der Waals surface area contributed by atoms with E-state index in [4.69, 9.17) is 9.47 Å². The average molecular weight is 460 g/mol. The second-order valence-electron chi connectivity index (χ2n) is 7.92. The lowest BCUT2D eigenvalue weighted by molar-refractivity contribution is -0.139. The van der Waals surface area contributed by atoms with Gasteiger partial charge in [-0.25, -0.2) is 9.59 Å². The molecule has 3 amide bonds. The molecule has 0 radical (unpaired) electrons. The standard InChI is InChI=1S/C23H33N5O5/c1-4-24-19(29)15-28-12-10-27(11-13-28)14-18-20(22(30)33-5-2)21(26-23(31)25-18)16-6-8-17(32-3)9-7-16/h6-9,21H,4-5,10-15H2,1-3H3,(H,24,29)(H2,25,26,31). The summed E-state index contributed by atoms with van der Waals surface area (Å²) in [5, 5.41) is 8.48. The lowest BCUT2D eigenvalue weighted by Crippen LogP contribution is -2.52. The predicted octanol–water partition coefficient (Wildman–Crippen LogP) is 0.620. The predicted molar refractivity (Wildman–Crippen MR) is 123 cm³/mol. The van der Waals surface area contributed by atoms with E-state index in [9.17, 15) is 14.4 Å². The highest BCUT2D eigenvalue weighted by atomic mass is 16.5. The van der Waals surface area contributed by atoms with Crippen LogP contribution in [0.1, 0.15) is 25.5 Å². The summed E-state index contributed by atoms with van der Waals surface area (Å²) in [4.78, 5) is 41.5. The summed E-state index contributed by atoms with van der Waals surface area (Å²) in [6.07, 6.45) is 0. The lowest BCUT2D eigenvalue weighted by Gasteiger charge is -2.36. The van der Waals surface area contributed by atoms with Crippen molar-refractivity contribution in [2.75, 3.05) is 59.5 Å². The summed E-state index contributed by atoms with van der Waals surface area (Å²) in [7, 11) is 1.58. The SMILES string of the molecule is CCNC(=O)CN1CCN(CC2=C(C(=O)OCC)C(c3ccc(OC)cc3)NC(=O)N2)CC1. The number of piperazine rings is 1. The summed E-state index contributed by atoms with van der Waals surface area (Å²) in [5.41, 5.74) is 1.69. The van der Waals surface area contributed by atoms with Crippen LogP contribution < -0.4 is 20.7 Å². The molecule has 0 aromatic heterocycles.